The molecule has 262 valence electrons. The summed E-state index contributed by atoms with van der Waals surface area (Å²) < 4.78 is 21.0. The third-order valence-electron chi connectivity index (χ3n) is 10.1. The number of hydrogen-bond donors (Lipinski definition) is 1. The topological polar surface area (TPSA) is 68.4 Å². The van der Waals surface area contributed by atoms with Gasteiger partial charge in [-0.15, -0.1) is 0 Å². The highest BCUT2D eigenvalue weighted by Gasteiger charge is 2.26. The average Bonchev–Trinajstić information content (AvgIpc) is 3.12. The van der Waals surface area contributed by atoms with Gasteiger partial charge in [-0.1, -0.05) is 61.2 Å². The van der Waals surface area contributed by atoms with Gasteiger partial charge in [0.05, 0.1) is 11.3 Å². The van der Waals surface area contributed by atoms with Crippen LogP contribution in [-0.2, 0) is 11.3 Å². The molecule has 2 aliphatic heterocycles. The first-order valence-electron chi connectivity index (χ1n) is 17.8. The van der Waals surface area contributed by atoms with E-state index < -0.39 is 11.9 Å². The molecule has 3 aromatic rings. The number of nitrogens with one attached hydrogen (secondary N) is 1. The number of allylic oxidation sites excluding steroid dienone is 1. The number of likely N-dealkylation sites (tertiary alicyclic amines) is 2. The van der Waals surface area contributed by atoms with Gasteiger partial charge in [0.15, 0.2) is 0 Å². The predicted octanol–water partition coefficient (Wildman–Crippen LogP) is 7.35. The average molecular weight is 670 g/mol. The van der Waals surface area contributed by atoms with E-state index >= 15 is 4.39 Å². The van der Waals surface area contributed by atoms with E-state index in [4.69, 9.17) is 4.74 Å². The number of likely N-dealkylation sites (N-methyl/N-ethyl adjacent to an activating group) is 1. The fourth-order valence-corrected chi connectivity index (χ4v) is 7.00. The van der Waals surface area contributed by atoms with Crippen molar-refractivity contribution in [2.75, 3.05) is 64.7 Å². The number of piperidine rings is 2. The van der Waals surface area contributed by atoms with E-state index in [0.29, 0.717) is 44.1 Å². The van der Waals surface area contributed by atoms with Crippen molar-refractivity contribution in [3.8, 4) is 11.1 Å². The Morgan fingerprint density at radius 2 is 1.55 bits per heavy atom. The van der Waals surface area contributed by atoms with Gasteiger partial charge >= 0.3 is 6.09 Å². The molecule has 2 fully saturated rings. The second-order valence-corrected chi connectivity index (χ2v) is 13.2. The van der Waals surface area contributed by atoms with Crippen LogP contribution in [0.5, 0.6) is 0 Å². The van der Waals surface area contributed by atoms with Crippen LogP contribution < -0.4 is 5.32 Å². The minimum Gasteiger partial charge on any atom is -0.446 e. The molecule has 0 atom stereocenters. The number of anilines is 1. The molecule has 0 aliphatic carbocycles. The van der Waals surface area contributed by atoms with E-state index in [-0.39, 0.29) is 17.6 Å². The number of ether oxygens (including phenoxy) is 1. The van der Waals surface area contributed by atoms with Crippen LogP contribution in [0.25, 0.3) is 11.1 Å². The highest BCUT2D eigenvalue weighted by Crippen LogP contribution is 2.29. The lowest BCUT2D eigenvalue weighted by molar-refractivity contribution is 0.0539. The molecule has 0 spiro atoms. The smallest absolute Gasteiger partial charge is 0.411 e. The number of para-hydroxylation sites is 1. The molecule has 5 rings (SSSR count). The van der Waals surface area contributed by atoms with E-state index in [1.165, 1.54) is 11.8 Å². The summed E-state index contributed by atoms with van der Waals surface area (Å²) in [4.78, 5) is 34.5. The van der Waals surface area contributed by atoms with Crippen LogP contribution >= 0.6 is 0 Å². The minimum atomic E-state index is -0.471. The van der Waals surface area contributed by atoms with Gasteiger partial charge in [-0.2, -0.15) is 0 Å². The minimum absolute atomic E-state index is 0.104. The van der Waals surface area contributed by atoms with E-state index in [1.807, 2.05) is 60.7 Å². The molecule has 0 saturated carbocycles. The van der Waals surface area contributed by atoms with Crippen LogP contribution in [0.1, 0.15) is 55.5 Å². The Hall–Kier alpha value is -4.21. The second kappa shape index (κ2) is 17.4. The number of carbonyl (C=O) groups is 2. The monoisotopic (exact) mass is 669 g/mol. The zero-order valence-electron chi connectivity index (χ0n) is 29.4. The predicted molar refractivity (Wildman–Crippen MR) is 195 cm³/mol. The normalized spacial score (nSPS) is 16.2. The quantitative estimate of drug-likeness (QED) is 0.205. The first kappa shape index (κ1) is 36.1. The molecule has 0 aromatic heterocycles. The molecule has 9 heteroatoms. The molecule has 8 nitrogen and oxygen atoms in total. The van der Waals surface area contributed by atoms with E-state index in [9.17, 15) is 9.59 Å². The van der Waals surface area contributed by atoms with E-state index in [1.54, 1.807) is 18.0 Å². The largest absolute Gasteiger partial charge is 0.446 e. The molecular weight excluding hydrogens is 617 g/mol. The summed E-state index contributed by atoms with van der Waals surface area (Å²) in [5.41, 5.74) is 4.90. The first-order chi connectivity index (χ1) is 23.7. The van der Waals surface area contributed by atoms with Gasteiger partial charge in [0.25, 0.3) is 5.91 Å². The van der Waals surface area contributed by atoms with Crippen molar-refractivity contribution >= 4 is 17.7 Å². The SMILES string of the molecule is C=C(C1CCN(Cc2ccc(C(=O)N(C)CCN3CCC(OC(=O)Nc4ccccc4-c4ccccc4)CC3)c(F)c2)CC1)N(CC)CC. The molecule has 49 heavy (non-hydrogen) atoms. The van der Waals surface area contributed by atoms with Crippen molar-refractivity contribution in [1.82, 2.24) is 19.6 Å². The maximum absolute atomic E-state index is 15.2. The van der Waals surface area contributed by atoms with Gasteiger partial charge in [-0.25, -0.2) is 9.18 Å². The highest BCUT2D eigenvalue weighted by atomic mass is 19.1. The van der Waals surface area contributed by atoms with E-state index in [0.717, 1.165) is 68.8 Å². The third kappa shape index (κ3) is 9.70. The number of benzene rings is 3. The highest BCUT2D eigenvalue weighted by molar-refractivity contribution is 5.94. The molecular formula is C40H52FN5O3. The molecule has 0 radical (unpaired) electrons. The lowest BCUT2D eigenvalue weighted by Crippen LogP contribution is -2.42. The Labute approximate surface area is 291 Å². The van der Waals surface area contributed by atoms with Gasteiger partial charge in [0.2, 0.25) is 0 Å². The van der Waals surface area contributed by atoms with Gasteiger partial charge in [0.1, 0.15) is 11.9 Å². The summed E-state index contributed by atoms with van der Waals surface area (Å²) in [6.07, 6.45) is 2.91. The summed E-state index contributed by atoms with van der Waals surface area (Å²) in [5, 5.41) is 2.92. The molecule has 0 bridgehead atoms. The summed E-state index contributed by atoms with van der Waals surface area (Å²) in [5.74, 6) is -0.282. The molecule has 0 unspecified atom stereocenters. The van der Waals surface area contributed by atoms with Gasteiger partial charge in [-0.05, 0) is 81.9 Å². The van der Waals surface area contributed by atoms with Crippen LogP contribution in [0.15, 0.2) is 85.1 Å². The lowest BCUT2D eigenvalue weighted by Gasteiger charge is -2.36. The van der Waals surface area contributed by atoms with Crippen LogP contribution in [0.4, 0.5) is 14.9 Å². The molecule has 2 aliphatic rings. The Morgan fingerprint density at radius 1 is 0.898 bits per heavy atom. The summed E-state index contributed by atoms with van der Waals surface area (Å²) in [6.45, 7) is 15.9. The van der Waals surface area contributed by atoms with Crippen LogP contribution in [0.2, 0.25) is 0 Å². The Morgan fingerprint density at radius 3 is 2.22 bits per heavy atom. The summed E-state index contributed by atoms with van der Waals surface area (Å²) in [6, 6.07) is 22.6. The Balaban J connectivity index is 1.02. The number of amides is 2. The molecule has 2 amide bonds. The third-order valence-corrected chi connectivity index (χ3v) is 10.1. The van der Waals surface area contributed by atoms with Crippen LogP contribution in [-0.4, -0.2) is 97.1 Å². The summed E-state index contributed by atoms with van der Waals surface area (Å²) in [7, 11) is 1.72. The Kier molecular flexibility index (Phi) is 12.8. The number of hydrogen-bond acceptors (Lipinski definition) is 6. The Bertz CT molecular complexity index is 1550. The van der Waals surface area contributed by atoms with Crippen molar-refractivity contribution in [2.45, 2.75) is 52.2 Å². The van der Waals surface area contributed by atoms with E-state index in [2.05, 4.69) is 40.4 Å². The summed E-state index contributed by atoms with van der Waals surface area (Å²) >= 11 is 0. The maximum atomic E-state index is 15.2. The van der Waals surface area contributed by atoms with Crippen molar-refractivity contribution < 1.29 is 18.7 Å². The maximum Gasteiger partial charge on any atom is 0.411 e. The molecule has 2 heterocycles. The fourth-order valence-electron chi connectivity index (χ4n) is 7.00. The number of nitrogens with zero attached hydrogens (tertiary/aromatic N) is 4. The van der Waals surface area contributed by atoms with Crippen LogP contribution in [0.3, 0.4) is 0 Å². The van der Waals surface area contributed by atoms with Crippen molar-refractivity contribution in [1.29, 1.82) is 0 Å². The molecule has 1 N–H and O–H groups in total. The molecule has 2 saturated heterocycles. The second-order valence-electron chi connectivity index (χ2n) is 13.2. The van der Waals surface area contributed by atoms with Crippen molar-refractivity contribution in [2.24, 2.45) is 5.92 Å². The number of carbonyl (C=O) groups excluding carboxylic acids is 2. The standard InChI is InChI=1S/C40H52FN5O3/c1-5-46(6-2)30(3)32-18-22-45(23-19-32)29-31-16-17-36(37(41)28-31)39(47)43(4)26-27-44-24-20-34(21-25-44)49-40(48)42-38-15-11-10-14-35(38)33-12-8-7-9-13-33/h7-17,28,32,34H,3,5-6,18-27,29H2,1-2,4H3,(H,42,48). The fraction of sp³-hybridized carbons (Fsp3) is 0.450. The molecule has 3 aromatic carbocycles. The van der Waals surface area contributed by atoms with Gasteiger partial charge in [0, 0.05) is 70.0 Å². The van der Waals surface area contributed by atoms with Gasteiger partial charge in [-0.3, -0.25) is 15.0 Å². The van der Waals surface area contributed by atoms with Crippen LogP contribution in [0, 0.1) is 11.7 Å². The lowest BCUT2D eigenvalue weighted by atomic mass is 9.93. The van der Waals surface area contributed by atoms with Crippen molar-refractivity contribution in [3.05, 3.63) is 102 Å². The van der Waals surface area contributed by atoms with Gasteiger partial charge < -0.3 is 19.4 Å². The zero-order valence-corrected chi connectivity index (χ0v) is 29.4. The zero-order chi connectivity index (χ0) is 34.8. The number of halogens is 1. The number of rotatable bonds is 13. The van der Waals surface area contributed by atoms with Crippen molar-refractivity contribution in [3.63, 3.8) is 0 Å². The first-order valence-corrected chi connectivity index (χ1v) is 17.8.